The van der Waals surface area contributed by atoms with Crippen LogP contribution in [0.4, 0.5) is 37.7 Å². The molecule has 9 heteroatoms. The van der Waals surface area contributed by atoms with Gasteiger partial charge in [-0.2, -0.15) is 31.3 Å². The predicted molar refractivity (Wildman–Crippen MR) is 58.6 cm³/mol. The van der Waals surface area contributed by atoms with E-state index in [0.29, 0.717) is 17.0 Å². The highest BCUT2D eigenvalue weighted by atomic mass is 19.4. The molecule has 0 amide bonds. The van der Waals surface area contributed by atoms with Crippen molar-refractivity contribution >= 4 is 17.5 Å². The fourth-order valence-electron chi connectivity index (χ4n) is 1.65. The molecule has 110 valence electrons. The summed E-state index contributed by atoms with van der Waals surface area (Å²) in [6.07, 6.45) is -9.12. The molecule has 0 atom stereocenters. The second kappa shape index (κ2) is 5.16. The smallest absolute Gasteiger partial charge is 0.377 e. The number of isocyanates is 1. The lowest BCUT2D eigenvalue weighted by Crippen LogP contribution is -2.22. The Balaban J connectivity index is 3.81. The van der Waals surface area contributed by atoms with E-state index in [9.17, 15) is 31.1 Å². The maximum atomic E-state index is 12.9. The van der Waals surface area contributed by atoms with Crippen LogP contribution >= 0.6 is 0 Å². The van der Waals surface area contributed by atoms with Crippen molar-refractivity contribution in [2.24, 2.45) is 4.99 Å². The molecule has 20 heavy (non-hydrogen) atoms. The highest BCUT2D eigenvalue weighted by molar-refractivity contribution is 5.67. The van der Waals surface area contributed by atoms with Gasteiger partial charge in [-0.05, 0) is 12.1 Å². The number of benzene rings is 1. The van der Waals surface area contributed by atoms with Crippen molar-refractivity contribution in [2.45, 2.75) is 12.4 Å². The summed E-state index contributed by atoms with van der Waals surface area (Å²) in [6.45, 7) is 0. The van der Waals surface area contributed by atoms with Gasteiger partial charge in [0, 0.05) is 14.1 Å². The lowest BCUT2D eigenvalue weighted by Gasteiger charge is -2.24. The van der Waals surface area contributed by atoms with Crippen LogP contribution < -0.4 is 4.90 Å². The molecule has 0 bridgehead atoms. The first-order valence-electron chi connectivity index (χ1n) is 5.06. The van der Waals surface area contributed by atoms with Crippen molar-refractivity contribution in [1.29, 1.82) is 0 Å². The second-order valence-corrected chi connectivity index (χ2v) is 3.98. The largest absolute Gasteiger partial charge is 0.418 e. The summed E-state index contributed by atoms with van der Waals surface area (Å²) in [4.78, 5) is 13.6. The van der Waals surface area contributed by atoms with Gasteiger partial charge in [0.25, 0.3) is 0 Å². The quantitative estimate of drug-likeness (QED) is 0.473. The van der Waals surface area contributed by atoms with Crippen molar-refractivity contribution in [3.8, 4) is 0 Å². The average molecular weight is 298 g/mol. The van der Waals surface area contributed by atoms with E-state index in [4.69, 9.17) is 0 Å². The molecule has 0 aliphatic heterocycles. The van der Waals surface area contributed by atoms with E-state index in [1.165, 1.54) is 0 Å². The van der Waals surface area contributed by atoms with Crippen molar-refractivity contribution in [2.75, 3.05) is 19.0 Å². The van der Waals surface area contributed by atoms with Crippen LogP contribution in [-0.2, 0) is 17.1 Å². The van der Waals surface area contributed by atoms with E-state index >= 15 is 0 Å². The minimum atomic E-state index is -5.02. The molecule has 0 spiro atoms. The van der Waals surface area contributed by atoms with Crippen LogP contribution in [0, 0.1) is 0 Å². The number of hydrogen-bond acceptors (Lipinski definition) is 3. The summed E-state index contributed by atoms with van der Waals surface area (Å²) in [5.41, 5.74) is -4.84. The molecular formula is C11H8F6N2O. The number of hydrogen-bond donors (Lipinski definition) is 0. The topological polar surface area (TPSA) is 32.7 Å². The number of anilines is 1. The fourth-order valence-corrected chi connectivity index (χ4v) is 1.65. The minimum Gasteiger partial charge on any atom is -0.377 e. The van der Waals surface area contributed by atoms with E-state index < -0.39 is 34.9 Å². The third-order valence-corrected chi connectivity index (χ3v) is 2.33. The molecule has 3 nitrogen and oxygen atoms in total. The number of rotatable bonds is 2. The van der Waals surface area contributed by atoms with Crippen LogP contribution in [0.2, 0.25) is 0 Å². The van der Waals surface area contributed by atoms with Gasteiger partial charge in [-0.3, -0.25) is 0 Å². The lowest BCUT2D eigenvalue weighted by atomic mass is 10.0. The molecule has 0 aromatic heterocycles. The Hall–Kier alpha value is -2.02. The molecule has 1 rings (SSSR count). The van der Waals surface area contributed by atoms with E-state index in [1.807, 2.05) is 0 Å². The molecule has 1 aromatic carbocycles. The number of aliphatic imine (C=N–C) groups is 1. The first-order valence-corrected chi connectivity index (χ1v) is 5.06. The minimum absolute atomic E-state index is 0.371. The van der Waals surface area contributed by atoms with E-state index in [-0.39, 0.29) is 0 Å². The van der Waals surface area contributed by atoms with E-state index in [0.717, 1.165) is 20.2 Å². The van der Waals surface area contributed by atoms with Gasteiger partial charge in [0.2, 0.25) is 6.08 Å². The van der Waals surface area contributed by atoms with Gasteiger partial charge in [-0.1, -0.05) is 0 Å². The summed E-state index contributed by atoms with van der Waals surface area (Å²) in [5, 5.41) is 0. The number of carbonyl (C=O) groups excluding carboxylic acids is 1. The van der Waals surface area contributed by atoms with Crippen LogP contribution in [0.15, 0.2) is 17.1 Å². The third-order valence-electron chi connectivity index (χ3n) is 2.33. The van der Waals surface area contributed by atoms with E-state index in [1.54, 1.807) is 0 Å². The van der Waals surface area contributed by atoms with Gasteiger partial charge < -0.3 is 4.90 Å². The summed E-state index contributed by atoms with van der Waals surface area (Å²) >= 11 is 0. The van der Waals surface area contributed by atoms with Crippen molar-refractivity contribution in [3.05, 3.63) is 23.3 Å². The Kier molecular flexibility index (Phi) is 4.14. The summed E-state index contributed by atoms with van der Waals surface area (Å²) in [5.74, 6) is 0. The van der Waals surface area contributed by atoms with Crippen LogP contribution in [0.25, 0.3) is 0 Å². The molecule has 0 aliphatic carbocycles. The first kappa shape index (κ1) is 16.0. The molecule has 0 fully saturated rings. The monoisotopic (exact) mass is 298 g/mol. The molecule has 0 heterocycles. The van der Waals surface area contributed by atoms with Crippen molar-refractivity contribution in [3.63, 3.8) is 0 Å². The van der Waals surface area contributed by atoms with Gasteiger partial charge in [0.05, 0.1) is 22.5 Å². The fraction of sp³-hybridized carbons (Fsp3) is 0.364. The van der Waals surface area contributed by atoms with Gasteiger partial charge in [0.15, 0.2) is 0 Å². The Morgan fingerprint density at radius 1 is 1.00 bits per heavy atom. The summed E-state index contributed by atoms with van der Waals surface area (Å²) < 4.78 is 77.2. The standard InChI is InChI=1S/C11H8F6N2O/c1-19(2)9-7(10(12,13)14)3-6(18-5-20)4-8(9)11(15,16)17/h3-4H,1-2H3. The Labute approximate surface area is 109 Å². The highest BCUT2D eigenvalue weighted by Gasteiger charge is 2.42. The third kappa shape index (κ3) is 3.30. The number of alkyl halides is 6. The summed E-state index contributed by atoms with van der Waals surface area (Å²) in [7, 11) is 2.12. The molecule has 0 aliphatic rings. The molecule has 1 aromatic rings. The zero-order chi connectivity index (χ0) is 15.7. The highest BCUT2D eigenvalue weighted by Crippen LogP contribution is 2.45. The zero-order valence-corrected chi connectivity index (χ0v) is 10.2. The lowest BCUT2D eigenvalue weighted by molar-refractivity contribution is -0.142. The van der Waals surface area contributed by atoms with Crippen LogP contribution in [0.5, 0.6) is 0 Å². The van der Waals surface area contributed by atoms with Crippen molar-refractivity contribution < 1.29 is 31.1 Å². The molecule has 0 unspecified atom stereocenters. The van der Waals surface area contributed by atoms with Crippen LogP contribution in [-0.4, -0.2) is 20.2 Å². The van der Waals surface area contributed by atoms with Gasteiger partial charge in [-0.15, -0.1) is 0 Å². The first-order chi connectivity index (χ1) is 8.98. The SMILES string of the molecule is CN(C)c1c(C(F)(F)F)cc(N=C=O)cc1C(F)(F)F. The van der Waals surface area contributed by atoms with Crippen LogP contribution in [0.3, 0.4) is 0 Å². The molecule has 0 saturated carbocycles. The Morgan fingerprint density at radius 3 is 1.65 bits per heavy atom. The Morgan fingerprint density at radius 2 is 1.40 bits per heavy atom. The zero-order valence-electron chi connectivity index (χ0n) is 10.2. The number of halogens is 6. The predicted octanol–water partition coefficient (Wildman–Crippen LogP) is 3.76. The second-order valence-electron chi connectivity index (χ2n) is 3.98. The van der Waals surface area contributed by atoms with Gasteiger partial charge >= 0.3 is 12.4 Å². The van der Waals surface area contributed by atoms with E-state index in [2.05, 4.69) is 4.99 Å². The molecular weight excluding hydrogens is 290 g/mol. The van der Waals surface area contributed by atoms with Gasteiger partial charge in [0.1, 0.15) is 0 Å². The maximum Gasteiger partial charge on any atom is 0.418 e. The maximum absolute atomic E-state index is 12.9. The average Bonchev–Trinajstić information content (AvgIpc) is 2.25. The molecule has 0 N–H and O–H groups in total. The molecule has 0 saturated heterocycles. The van der Waals surface area contributed by atoms with Gasteiger partial charge in [-0.25, -0.2) is 4.79 Å². The normalized spacial score (nSPS) is 12.0. The number of nitrogens with zero attached hydrogens (tertiary/aromatic N) is 2. The summed E-state index contributed by atoms with van der Waals surface area (Å²) in [6, 6.07) is 0.741. The molecule has 0 radical (unpaired) electrons. The van der Waals surface area contributed by atoms with Crippen molar-refractivity contribution in [1.82, 2.24) is 0 Å². The van der Waals surface area contributed by atoms with Crippen LogP contribution in [0.1, 0.15) is 11.1 Å². The Bertz CT molecular complexity index is 520.